The molecule has 0 aliphatic rings. The Morgan fingerprint density at radius 2 is 2.10 bits per heavy atom. The summed E-state index contributed by atoms with van der Waals surface area (Å²) in [5.41, 5.74) is 0.878. The third-order valence-corrected chi connectivity index (χ3v) is 2.82. The number of rotatable bonds is 6. The Balaban J connectivity index is 2.06. The second-order valence-electron chi connectivity index (χ2n) is 4.18. The lowest BCUT2D eigenvalue weighted by Gasteiger charge is -2.07. The summed E-state index contributed by atoms with van der Waals surface area (Å²) in [5, 5.41) is 22.8. The smallest absolute Gasteiger partial charge is 0.339 e. The lowest BCUT2D eigenvalue weighted by atomic mass is 10.1. The van der Waals surface area contributed by atoms with Gasteiger partial charge in [-0.25, -0.2) is 14.8 Å². The van der Waals surface area contributed by atoms with E-state index in [1.54, 1.807) is 18.2 Å². The van der Waals surface area contributed by atoms with Gasteiger partial charge in [0.05, 0.1) is 10.6 Å². The molecule has 0 atom stereocenters. The zero-order valence-corrected chi connectivity index (χ0v) is 10.9. The molecule has 8 nitrogen and oxygen atoms in total. The minimum atomic E-state index is -1.11. The summed E-state index contributed by atoms with van der Waals surface area (Å²) < 4.78 is 0. The third-order valence-electron chi connectivity index (χ3n) is 2.82. The van der Waals surface area contributed by atoms with Crippen LogP contribution in [0.1, 0.15) is 21.6 Å². The molecule has 0 unspecified atom stereocenters. The predicted molar refractivity (Wildman–Crippen MR) is 72.6 cm³/mol. The minimum Gasteiger partial charge on any atom is -0.478 e. The first-order chi connectivity index (χ1) is 10.1. The number of hydrogen-bond acceptors (Lipinski definition) is 6. The molecule has 0 saturated carbocycles. The largest absolute Gasteiger partial charge is 0.478 e. The molecule has 0 spiro atoms. The molecule has 2 N–H and O–H groups in total. The number of nitro groups is 1. The summed E-state index contributed by atoms with van der Waals surface area (Å²) in [5.74, 6) is -1.11. The van der Waals surface area contributed by atoms with Gasteiger partial charge in [-0.1, -0.05) is 18.2 Å². The van der Waals surface area contributed by atoms with Crippen LogP contribution in [-0.4, -0.2) is 26.0 Å². The maximum Gasteiger partial charge on any atom is 0.339 e. The molecular formula is C13H12N4O4. The van der Waals surface area contributed by atoms with Gasteiger partial charge in [0.1, 0.15) is 11.9 Å². The topological polar surface area (TPSA) is 118 Å². The van der Waals surface area contributed by atoms with E-state index in [9.17, 15) is 14.9 Å². The van der Waals surface area contributed by atoms with Gasteiger partial charge in [-0.2, -0.15) is 0 Å². The average molecular weight is 288 g/mol. The SMILES string of the molecule is O=C(O)c1cncnc1CNCc1ccccc1[N+](=O)[O-]. The molecule has 0 aliphatic heterocycles. The lowest BCUT2D eigenvalue weighted by molar-refractivity contribution is -0.385. The maximum absolute atomic E-state index is 11.0. The van der Waals surface area contributed by atoms with Crippen molar-refractivity contribution in [3.05, 3.63) is 63.7 Å². The number of nitro benzene ring substituents is 1. The van der Waals surface area contributed by atoms with Crippen molar-refractivity contribution in [1.29, 1.82) is 0 Å². The number of aromatic nitrogens is 2. The zero-order valence-electron chi connectivity index (χ0n) is 10.9. The number of hydrogen-bond donors (Lipinski definition) is 2. The van der Waals surface area contributed by atoms with Crippen molar-refractivity contribution in [2.45, 2.75) is 13.1 Å². The van der Waals surface area contributed by atoms with Gasteiger partial charge in [-0.05, 0) is 0 Å². The van der Waals surface area contributed by atoms with Crippen molar-refractivity contribution in [3.8, 4) is 0 Å². The highest BCUT2D eigenvalue weighted by Gasteiger charge is 2.13. The third kappa shape index (κ3) is 3.57. The fourth-order valence-electron chi connectivity index (χ4n) is 1.83. The van der Waals surface area contributed by atoms with Gasteiger partial charge >= 0.3 is 5.97 Å². The number of benzene rings is 1. The van der Waals surface area contributed by atoms with Gasteiger partial charge in [-0.15, -0.1) is 0 Å². The molecule has 1 aromatic carbocycles. The fourth-order valence-corrected chi connectivity index (χ4v) is 1.83. The summed E-state index contributed by atoms with van der Waals surface area (Å²) in [4.78, 5) is 29.0. The van der Waals surface area contributed by atoms with Crippen molar-refractivity contribution in [2.75, 3.05) is 0 Å². The number of nitrogens with zero attached hydrogens (tertiary/aromatic N) is 3. The molecule has 0 bridgehead atoms. The van der Waals surface area contributed by atoms with Crippen molar-refractivity contribution in [1.82, 2.24) is 15.3 Å². The first kappa shape index (κ1) is 14.5. The zero-order chi connectivity index (χ0) is 15.2. The predicted octanol–water partition coefficient (Wildman–Crippen LogP) is 1.37. The summed E-state index contributed by atoms with van der Waals surface area (Å²) in [6.45, 7) is 0.413. The van der Waals surface area contributed by atoms with E-state index in [-0.39, 0.29) is 24.3 Å². The van der Waals surface area contributed by atoms with E-state index in [2.05, 4.69) is 15.3 Å². The second-order valence-corrected chi connectivity index (χ2v) is 4.18. The van der Waals surface area contributed by atoms with E-state index >= 15 is 0 Å². The molecule has 0 saturated heterocycles. The highest BCUT2D eigenvalue weighted by atomic mass is 16.6. The monoisotopic (exact) mass is 288 g/mol. The van der Waals surface area contributed by atoms with Crippen molar-refractivity contribution in [3.63, 3.8) is 0 Å². The van der Waals surface area contributed by atoms with Gasteiger partial charge < -0.3 is 10.4 Å². The standard InChI is InChI=1S/C13H12N4O4/c18-13(19)10-6-15-8-16-11(10)7-14-5-9-3-1-2-4-12(9)17(20)21/h1-4,6,8,14H,5,7H2,(H,18,19). The molecule has 8 heteroatoms. The van der Waals surface area contributed by atoms with Gasteiger partial charge in [0.25, 0.3) is 5.69 Å². The van der Waals surface area contributed by atoms with E-state index in [4.69, 9.17) is 5.11 Å². The van der Waals surface area contributed by atoms with Crippen LogP contribution in [0.25, 0.3) is 0 Å². The molecular weight excluding hydrogens is 276 g/mol. The van der Waals surface area contributed by atoms with E-state index in [0.717, 1.165) is 0 Å². The quantitative estimate of drug-likeness (QED) is 0.608. The Morgan fingerprint density at radius 3 is 2.81 bits per heavy atom. The Bertz CT molecular complexity index is 617. The fraction of sp³-hybridized carbons (Fsp3) is 0.154. The molecule has 0 radical (unpaired) electrons. The molecule has 1 aromatic heterocycles. The van der Waals surface area contributed by atoms with Crippen LogP contribution in [0.3, 0.4) is 0 Å². The first-order valence-corrected chi connectivity index (χ1v) is 6.04. The molecule has 21 heavy (non-hydrogen) atoms. The molecule has 0 fully saturated rings. The van der Waals surface area contributed by atoms with E-state index < -0.39 is 10.9 Å². The van der Waals surface area contributed by atoms with Gasteiger partial charge in [0.15, 0.2) is 0 Å². The van der Waals surface area contributed by atoms with Crippen LogP contribution in [-0.2, 0) is 13.1 Å². The average Bonchev–Trinajstić information content (AvgIpc) is 2.48. The van der Waals surface area contributed by atoms with Crippen LogP contribution in [0, 0.1) is 10.1 Å². The summed E-state index contributed by atoms with van der Waals surface area (Å²) in [6, 6.07) is 6.36. The number of aromatic carboxylic acids is 1. The van der Waals surface area contributed by atoms with Crippen LogP contribution >= 0.6 is 0 Å². The van der Waals surface area contributed by atoms with Crippen LogP contribution in [0.2, 0.25) is 0 Å². The number of carbonyl (C=O) groups is 1. The second kappa shape index (κ2) is 6.53. The molecule has 2 rings (SSSR count). The number of para-hydroxylation sites is 1. The van der Waals surface area contributed by atoms with Crippen molar-refractivity contribution < 1.29 is 14.8 Å². The summed E-state index contributed by atoms with van der Waals surface area (Å²) in [6.07, 6.45) is 2.48. The molecule has 2 aromatic rings. The van der Waals surface area contributed by atoms with Crippen LogP contribution in [0.4, 0.5) is 5.69 Å². The first-order valence-electron chi connectivity index (χ1n) is 6.04. The van der Waals surface area contributed by atoms with Crippen molar-refractivity contribution in [2.24, 2.45) is 0 Å². The summed E-state index contributed by atoms with van der Waals surface area (Å²) >= 11 is 0. The lowest BCUT2D eigenvalue weighted by Crippen LogP contribution is -2.17. The number of carboxylic acid groups (broad SMARTS) is 1. The Hall–Kier alpha value is -2.87. The molecule has 0 aliphatic carbocycles. The molecule has 108 valence electrons. The summed E-state index contributed by atoms with van der Waals surface area (Å²) in [7, 11) is 0. The van der Waals surface area contributed by atoms with Crippen LogP contribution < -0.4 is 5.32 Å². The highest BCUT2D eigenvalue weighted by Crippen LogP contribution is 2.17. The highest BCUT2D eigenvalue weighted by molar-refractivity contribution is 5.88. The number of carboxylic acids is 1. The van der Waals surface area contributed by atoms with E-state index in [1.165, 1.54) is 18.6 Å². The Kier molecular flexibility index (Phi) is 4.52. The van der Waals surface area contributed by atoms with E-state index in [0.29, 0.717) is 11.3 Å². The van der Waals surface area contributed by atoms with Crippen molar-refractivity contribution >= 4 is 11.7 Å². The molecule has 0 amide bonds. The molecule has 1 heterocycles. The Morgan fingerprint density at radius 1 is 1.33 bits per heavy atom. The van der Waals surface area contributed by atoms with E-state index in [1.807, 2.05) is 0 Å². The minimum absolute atomic E-state index is 0.00700. The van der Waals surface area contributed by atoms with Crippen LogP contribution in [0.5, 0.6) is 0 Å². The maximum atomic E-state index is 11.0. The van der Waals surface area contributed by atoms with Gasteiger partial charge in [0, 0.05) is 30.9 Å². The van der Waals surface area contributed by atoms with Crippen LogP contribution in [0.15, 0.2) is 36.8 Å². The normalized spacial score (nSPS) is 10.3. The number of nitrogens with one attached hydrogen (secondary N) is 1. The van der Waals surface area contributed by atoms with Gasteiger partial charge in [-0.3, -0.25) is 10.1 Å². The van der Waals surface area contributed by atoms with Gasteiger partial charge in [0.2, 0.25) is 0 Å². The Labute approximate surface area is 119 Å².